The molecule has 0 fully saturated rings. The first-order chi connectivity index (χ1) is 13.9. The van der Waals surface area contributed by atoms with Crippen LogP contribution >= 0.6 is 0 Å². The van der Waals surface area contributed by atoms with Crippen molar-refractivity contribution in [2.45, 2.75) is 62.9 Å². The van der Waals surface area contributed by atoms with Crippen LogP contribution in [0.15, 0.2) is 11.4 Å². The van der Waals surface area contributed by atoms with Crippen LogP contribution in [0.2, 0.25) is 0 Å². The Morgan fingerprint density at radius 2 is 2.10 bits per heavy atom. The number of nitrogens with one attached hydrogen (secondary N) is 2. The van der Waals surface area contributed by atoms with Crippen LogP contribution in [0.1, 0.15) is 54.6 Å². The minimum absolute atomic E-state index is 0.177. The van der Waals surface area contributed by atoms with Crippen LogP contribution in [0.5, 0.6) is 5.88 Å². The van der Waals surface area contributed by atoms with Crippen LogP contribution in [-0.2, 0) is 35.8 Å². The maximum atomic E-state index is 12.7. The van der Waals surface area contributed by atoms with Gasteiger partial charge in [-0.1, -0.05) is 6.92 Å². The number of nitrogens with zero attached hydrogens (tertiary/aromatic N) is 3. The minimum Gasteiger partial charge on any atom is -0.477 e. The van der Waals surface area contributed by atoms with Gasteiger partial charge in [-0.15, -0.1) is 0 Å². The van der Waals surface area contributed by atoms with Crippen molar-refractivity contribution in [3.63, 3.8) is 0 Å². The van der Waals surface area contributed by atoms with Gasteiger partial charge < -0.3 is 14.6 Å². The summed E-state index contributed by atoms with van der Waals surface area (Å²) < 4.78 is 34.7. The first-order valence-corrected chi connectivity index (χ1v) is 11.5. The summed E-state index contributed by atoms with van der Waals surface area (Å²) in [7, 11) is -4.15. The number of anilines is 1. The Morgan fingerprint density at radius 1 is 1.24 bits per heavy atom. The van der Waals surface area contributed by atoms with Crippen molar-refractivity contribution in [2.75, 3.05) is 11.9 Å². The zero-order valence-corrected chi connectivity index (χ0v) is 17.0. The van der Waals surface area contributed by atoms with Gasteiger partial charge in [-0.2, -0.15) is 8.42 Å². The summed E-state index contributed by atoms with van der Waals surface area (Å²) in [6.07, 6.45) is 6.75. The van der Waals surface area contributed by atoms with Crippen molar-refractivity contribution in [1.82, 2.24) is 19.3 Å². The fourth-order valence-electron chi connectivity index (χ4n) is 4.51. The Balaban J connectivity index is 1.42. The first kappa shape index (κ1) is 18.4. The molecule has 5 rings (SSSR count). The van der Waals surface area contributed by atoms with E-state index in [1.807, 2.05) is 0 Å². The van der Waals surface area contributed by atoms with E-state index in [1.54, 1.807) is 4.57 Å². The molecule has 1 unspecified atom stereocenters. The number of imidazole rings is 1. The lowest BCUT2D eigenvalue weighted by atomic mass is 10.0. The molecule has 3 aliphatic rings. The van der Waals surface area contributed by atoms with Gasteiger partial charge in [0, 0.05) is 17.9 Å². The molecule has 0 saturated heterocycles. The Labute approximate surface area is 168 Å². The van der Waals surface area contributed by atoms with E-state index in [9.17, 15) is 13.2 Å². The van der Waals surface area contributed by atoms with E-state index in [2.05, 4.69) is 21.9 Å². The normalized spacial score (nSPS) is 19.8. The molecule has 154 valence electrons. The number of hydrogen-bond acceptors (Lipinski definition) is 6. The van der Waals surface area contributed by atoms with Crippen molar-refractivity contribution < 1.29 is 17.9 Å². The van der Waals surface area contributed by atoms with Gasteiger partial charge in [0.2, 0.25) is 10.9 Å². The number of ether oxygens (including phenoxy) is 1. The van der Waals surface area contributed by atoms with E-state index in [1.165, 1.54) is 6.33 Å². The summed E-state index contributed by atoms with van der Waals surface area (Å²) in [6.45, 7) is 3.20. The third-order valence-electron chi connectivity index (χ3n) is 5.91. The maximum absolute atomic E-state index is 12.7. The average Bonchev–Trinajstić information content (AvgIpc) is 3.40. The number of carbonyl (C=O) groups is 1. The van der Waals surface area contributed by atoms with Gasteiger partial charge in [-0.3, -0.25) is 4.98 Å². The maximum Gasteiger partial charge on any atom is 0.333 e. The molecule has 0 aromatic carbocycles. The number of urea groups is 1. The van der Waals surface area contributed by atoms with Crippen LogP contribution in [0.4, 0.5) is 10.5 Å². The summed E-state index contributed by atoms with van der Waals surface area (Å²) in [5.74, 6) is 0.522. The third kappa shape index (κ3) is 3.06. The molecule has 0 spiro atoms. The molecule has 2 aliphatic carbocycles. The summed E-state index contributed by atoms with van der Waals surface area (Å²) >= 11 is 0. The predicted octanol–water partition coefficient (Wildman–Crippen LogP) is 2.11. The molecule has 2 aromatic rings. The SMILES string of the molecule is CC1CCc2c1nc1c(c2NC(=O)NS(=O)(=O)c2ncn3c2OCCC3)CCC1. The molecule has 2 aromatic heterocycles. The molecular formula is C19H23N5O4S. The molecule has 2 N–H and O–H groups in total. The Kier molecular flexibility index (Phi) is 4.27. The highest BCUT2D eigenvalue weighted by Gasteiger charge is 2.32. The lowest BCUT2D eigenvalue weighted by Crippen LogP contribution is -2.35. The molecule has 0 radical (unpaired) electrons. The van der Waals surface area contributed by atoms with Gasteiger partial charge in [-0.05, 0) is 55.6 Å². The van der Waals surface area contributed by atoms with Crippen molar-refractivity contribution >= 4 is 21.7 Å². The summed E-state index contributed by atoms with van der Waals surface area (Å²) in [4.78, 5) is 21.5. The second kappa shape index (κ2) is 6.72. The first-order valence-electron chi connectivity index (χ1n) is 10.0. The Bertz CT molecular complexity index is 1110. The van der Waals surface area contributed by atoms with Gasteiger partial charge >= 0.3 is 6.03 Å². The Morgan fingerprint density at radius 3 is 2.97 bits per heavy atom. The van der Waals surface area contributed by atoms with E-state index in [-0.39, 0.29) is 10.9 Å². The summed E-state index contributed by atoms with van der Waals surface area (Å²) in [5.41, 5.74) is 4.86. The quantitative estimate of drug-likeness (QED) is 0.790. The van der Waals surface area contributed by atoms with Crippen molar-refractivity contribution in [3.8, 4) is 5.88 Å². The number of sulfonamides is 1. The van der Waals surface area contributed by atoms with Crippen LogP contribution in [0, 0.1) is 0 Å². The zero-order chi connectivity index (χ0) is 20.2. The molecule has 29 heavy (non-hydrogen) atoms. The zero-order valence-electron chi connectivity index (χ0n) is 16.2. The average molecular weight is 417 g/mol. The van der Waals surface area contributed by atoms with Gasteiger partial charge in [0.05, 0.1) is 18.6 Å². The highest BCUT2D eigenvalue weighted by atomic mass is 32.2. The number of fused-ring (bicyclic) bond motifs is 3. The van der Waals surface area contributed by atoms with Gasteiger partial charge in [0.1, 0.15) is 0 Å². The summed E-state index contributed by atoms with van der Waals surface area (Å²) in [5, 5.41) is 2.56. The fourth-order valence-corrected chi connectivity index (χ4v) is 5.49. The standard InChI is InChI=1S/C19H23N5O4S/c1-11-6-7-13-15(11)21-14-5-2-4-12(14)16(13)22-19(25)23-29(26,27)17-18-24(10-20-17)8-3-9-28-18/h10-11H,2-9H2,1H3,(H2,21,22,23,25). The van der Waals surface area contributed by atoms with Crippen LogP contribution < -0.4 is 14.8 Å². The fraction of sp³-hybridized carbons (Fsp3) is 0.526. The number of carbonyl (C=O) groups excluding carboxylic acids is 1. The second-order valence-corrected chi connectivity index (χ2v) is 9.48. The minimum atomic E-state index is -4.15. The number of rotatable bonds is 3. The van der Waals surface area contributed by atoms with Crippen molar-refractivity contribution in [3.05, 3.63) is 28.8 Å². The molecule has 0 saturated carbocycles. The largest absolute Gasteiger partial charge is 0.477 e. The molecule has 2 amide bonds. The summed E-state index contributed by atoms with van der Waals surface area (Å²) in [6, 6.07) is -0.787. The number of aryl methyl sites for hydroxylation is 2. The molecule has 1 atom stereocenters. The monoisotopic (exact) mass is 417 g/mol. The molecule has 0 bridgehead atoms. The van der Waals surface area contributed by atoms with Crippen LogP contribution in [-0.4, -0.2) is 35.6 Å². The van der Waals surface area contributed by atoms with E-state index in [0.29, 0.717) is 19.1 Å². The number of aromatic nitrogens is 3. The lowest BCUT2D eigenvalue weighted by Gasteiger charge is -2.17. The number of hydrogen-bond donors (Lipinski definition) is 2. The van der Waals surface area contributed by atoms with E-state index in [0.717, 1.165) is 66.7 Å². The lowest BCUT2D eigenvalue weighted by molar-refractivity contribution is 0.234. The Hall–Kier alpha value is -2.62. The smallest absolute Gasteiger partial charge is 0.333 e. The molecular weight excluding hydrogens is 394 g/mol. The number of amides is 2. The van der Waals surface area contributed by atoms with Crippen LogP contribution in [0.25, 0.3) is 0 Å². The predicted molar refractivity (Wildman–Crippen MR) is 105 cm³/mol. The highest BCUT2D eigenvalue weighted by molar-refractivity contribution is 7.90. The van der Waals surface area contributed by atoms with Crippen molar-refractivity contribution in [2.24, 2.45) is 0 Å². The van der Waals surface area contributed by atoms with Gasteiger partial charge in [-0.25, -0.2) is 14.5 Å². The second-order valence-electron chi connectivity index (χ2n) is 7.88. The number of pyridine rings is 1. The van der Waals surface area contributed by atoms with Crippen molar-refractivity contribution in [1.29, 1.82) is 0 Å². The van der Waals surface area contributed by atoms with E-state index < -0.39 is 16.1 Å². The molecule has 1 aliphatic heterocycles. The third-order valence-corrected chi connectivity index (χ3v) is 7.15. The van der Waals surface area contributed by atoms with E-state index >= 15 is 0 Å². The van der Waals surface area contributed by atoms with Crippen LogP contribution in [0.3, 0.4) is 0 Å². The molecule has 3 heterocycles. The van der Waals surface area contributed by atoms with Gasteiger partial charge in [0.25, 0.3) is 10.0 Å². The highest BCUT2D eigenvalue weighted by Crippen LogP contribution is 2.41. The topological polar surface area (TPSA) is 115 Å². The van der Waals surface area contributed by atoms with E-state index in [4.69, 9.17) is 9.72 Å². The molecule has 9 nitrogen and oxygen atoms in total. The van der Waals surface area contributed by atoms with Gasteiger partial charge in [0.15, 0.2) is 0 Å². The molecule has 10 heteroatoms.